The zero-order chi connectivity index (χ0) is 20.7. The second-order valence-corrected chi connectivity index (χ2v) is 8.05. The molecule has 0 radical (unpaired) electrons. The average Bonchev–Trinajstić information content (AvgIpc) is 2.66. The minimum Gasteiger partial charge on any atom is -0.497 e. The number of rotatable bonds is 9. The fourth-order valence-electron chi connectivity index (χ4n) is 2.83. The van der Waals surface area contributed by atoms with Gasteiger partial charge in [-0.1, -0.05) is 24.3 Å². The number of nitrogens with one attached hydrogen (secondary N) is 1. The second-order valence-electron chi connectivity index (χ2n) is 6.19. The van der Waals surface area contributed by atoms with Gasteiger partial charge in [-0.3, -0.25) is 9.10 Å². The lowest BCUT2D eigenvalue weighted by molar-refractivity contribution is -0.122. The van der Waals surface area contributed by atoms with E-state index in [1.807, 2.05) is 31.2 Å². The minimum atomic E-state index is -3.69. The van der Waals surface area contributed by atoms with Crippen LogP contribution >= 0.6 is 0 Å². The number of nitrogens with zero attached hydrogens (tertiary/aromatic N) is 1. The van der Waals surface area contributed by atoms with Crippen LogP contribution in [0, 0.1) is 0 Å². The molecular formula is C20H26N2O5S. The van der Waals surface area contributed by atoms with E-state index in [0.29, 0.717) is 23.8 Å². The molecule has 0 aliphatic carbocycles. The van der Waals surface area contributed by atoms with Gasteiger partial charge in [-0.15, -0.1) is 0 Å². The summed E-state index contributed by atoms with van der Waals surface area (Å²) in [5, 5.41) is 2.79. The Morgan fingerprint density at radius 1 is 1.18 bits per heavy atom. The summed E-state index contributed by atoms with van der Waals surface area (Å²) in [5.74, 6) is 0.773. The summed E-state index contributed by atoms with van der Waals surface area (Å²) in [4.78, 5) is 12.7. The molecule has 0 saturated carbocycles. The lowest BCUT2D eigenvalue weighted by Crippen LogP contribution is -2.47. The number of sulfonamides is 1. The van der Waals surface area contributed by atoms with E-state index in [4.69, 9.17) is 9.47 Å². The van der Waals surface area contributed by atoms with Crippen LogP contribution in [0.3, 0.4) is 0 Å². The number of hydrogen-bond acceptors (Lipinski definition) is 5. The molecular weight excluding hydrogens is 380 g/mol. The first kappa shape index (κ1) is 21.6. The van der Waals surface area contributed by atoms with Crippen LogP contribution < -0.4 is 19.1 Å². The van der Waals surface area contributed by atoms with Crippen LogP contribution in [0.2, 0.25) is 0 Å². The number of para-hydroxylation sites is 1. The Hall–Kier alpha value is -2.74. The topological polar surface area (TPSA) is 84.9 Å². The number of benzene rings is 2. The maximum atomic E-state index is 12.7. The Morgan fingerprint density at radius 3 is 2.54 bits per heavy atom. The van der Waals surface area contributed by atoms with E-state index in [9.17, 15) is 13.2 Å². The molecule has 1 amide bonds. The van der Waals surface area contributed by atoms with Crippen LogP contribution in [0.4, 0.5) is 5.69 Å². The van der Waals surface area contributed by atoms with Crippen LogP contribution in [-0.4, -0.2) is 40.3 Å². The van der Waals surface area contributed by atoms with Crippen LogP contribution in [0.15, 0.2) is 48.5 Å². The second kappa shape index (κ2) is 9.45. The van der Waals surface area contributed by atoms with Crippen LogP contribution in [-0.2, 0) is 21.4 Å². The van der Waals surface area contributed by atoms with Gasteiger partial charge in [0.25, 0.3) is 0 Å². The molecule has 1 atom stereocenters. The van der Waals surface area contributed by atoms with Crippen molar-refractivity contribution in [2.24, 2.45) is 0 Å². The average molecular weight is 407 g/mol. The van der Waals surface area contributed by atoms with Crippen molar-refractivity contribution in [3.63, 3.8) is 0 Å². The Balaban J connectivity index is 2.20. The molecule has 2 rings (SSSR count). The van der Waals surface area contributed by atoms with E-state index in [1.54, 1.807) is 31.2 Å². The molecule has 0 saturated heterocycles. The lowest BCUT2D eigenvalue weighted by Gasteiger charge is -2.28. The fourth-order valence-corrected chi connectivity index (χ4v) is 4.00. The molecule has 0 aliphatic rings. The summed E-state index contributed by atoms with van der Waals surface area (Å²) in [7, 11) is -2.20. The molecule has 0 heterocycles. The molecule has 8 heteroatoms. The molecule has 7 nitrogen and oxygen atoms in total. The van der Waals surface area contributed by atoms with Crippen molar-refractivity contribution >= 4 is 21.6 Å². The highest BCUT2D eigenvalue weighted by molar-refractivity contribution is 7.92. The van der Waals surface area contributed by atoms with Crippen molar-refractivity contribution in [3.8, 4) is 11.5 Å². The van der Waals surface area contributed by atoms with Gasteiger partial charge in [-0.2, -0.15) is 0 Å². The molecule has 0 fully saturated rings. The van der Waals surface area contributed by atoms with Gasteiger partial charge in [0.05, 0.1) is 25.7 Å². The fraction of sp³-hybridized carbons (Fsp3) is 0.350. The summed E-state index contributed by atoms with van der Waals surface area (Å²) >= 11 is 0. The molecule has 0 aromatic heterocycles. The van der Waals surface area contributed by atoms with Gasteiger partial charge in [0.15, 0.2) is 0 Å². The molecule has 2 aromatic carbocycles. The van der Waals surface area contributed by atoms with Gasteiger partial charge < -0.3 is 14.8 Å². The largest absolute Gasteiger partial charge is 0.497 e. The predicted octanol–water partition coefficient (Wildman–Crippen LogP) is 2.56. The maximum absolute atomic E-state index is 12.7. The van der Waals surface area contributed by atoms with Crippen molar-refractivity contribution in [3.05, 3.63) is 54.1 Å². The Bertz CT molecular complexity index is 914. The summed E-state index contributed by atoms with van der Waals surface area (Å²) in [6, 6.07) is 13.0. The Morgan fingerprint density at radius 2 is 1.89 bits per heavy atom. The third kappa shape index (κ3) is 5.39. The van der Waals surface area contributed by atoms with Crippen molar-refractivity contribution in [1.29, 1.82) is 0 Å². The number of amides is 1. The van der Waals surface area contributed by atoms with Gasteiger partial charge in [0.1, 0.15) is 17.5 Å². The SMILES string of the molecule is CCOc1ccccc1CNC(=O)C(C)N(c1cccc(OC)c1)S(C)(=O)=O. The van der Waals surface area contributed by atoms with Gasteiger partial charge in [-0.05, 0) is 32.0 Å². The van der Waals surface area contributed by atoms with Crippen molar-refractivity contribution in [2.45, 2.75) is 26.4 Å². The van der Waals surface area contributed by atoms with Gasteiger partial charge in [0.2, 0.25) is 15.9 Å². The third-order valence-corrected chi connectivity index (χ3v) is 5.36. The molecule has 1 N–H and O–H groups in total. The van der Waals surface area contributed by atoms with E-state index in [1.165, 1.54) is 7.11 Å². The smallest absolute Gasteiger partial charge is 0.243 e. The van der Waals surface area contributed by atoms with Crippen molar-refractivity contribution in [2.75, 3.05) is 24.3 Å². The van der Waals surface area contributed by atoms with E-state index in [0.717, 1.165) is 16.1 Å². The standard InChI is InChI=1S/C20H26N2O5S/c1-5-27-19-12-7-6-9-16(19)14-21-20(23)15(2)22(28(4,24)25)17-10-8-11-18(13-17)26-3/h6-13,15H,5,14H2,1-4H3,(H,21,23). The van der Waals surface area contributed by atoms with E-state index in [-0.39, 0.29) is 6.54 Å². The first-order chi connectivity index (χ1) is 13.3. The highest BCUT2D eigenvalue weighted by atomic mass is 32.2. The van der Waals surface area contributed by atoms with Crippen LogP contribution in [0.25, 0.3) is 0 Å². The maximum Gasteiger partial charge on any atom is 0.243 e. The number of anilines is 1. The van der Waals surface area contributed by atoms with Gasteiger partial charge in [-0.25, -0.2) is 8.42 Å². The quantitative estimate of drug-likeness (QED) is 0.692. The zero-order valence-corrected chi connectivity index (χ0v) is 17.3. The summed E-state index contributed by atoms with van der Waals surface area (Å²) in [5.41, 5.74) is 1.18. The Kier molecular flexibility index (Phi) is 7.28. The molecule has 2 aromatic rings. The first-order valence-electron chi connectivity index (χ1n) is 8.89. The van der Waals surface area contributed by atoms with Crippen molar-refractivity contribution in [1.82, 2.24) is 5.32 Å². The normalized spacial score (nSPS) is 12.1. The van der Waals surface area contributed by atoms with E-state index < -0.39 is 22.0 Å². The molecule has 0 aliphatic heterocycles. The molecule has 1 unspecified atom stereocenters. The number of carbonyl (C=O) groups is 1. The molecule has 0 bridgehead atoms. The third-order valence-electron chi connectivity index (χ3n) is 4.12. The number of hydrogen-bond donors (Lipinski definition) is 1. The monoisotopic (exact) mass is 406 g/mol. The molecule has 152 valence electrons. The zero-order valence-electron chi connectivity index (χ0n) is 16.5. The summed E-state index contributed by atoms with van der Waals surface area (Å²) < 4.78 is 36.6. The predicted molar refractivity (Wildman–Crippen MR) is 109 cm³/mol. The van der Waals surface area contributed by atoms with Crippen LogP contribution in [0.1, 0.15) is 19.4 Å². The summed E-state index contributed by atoms with van der Waals surface area (Å²) in [6.45, 7) is 4.17. The molecule has 0 spiro atoms. The van der Waals surface area contributed by atoms with E-state index >= 15 is 0 Å². The Labute approximate surface area is 166 Å². The summed E-state index contributed by atoms with van der Waals surface area (Å²) in [6.07, 6.45) is 1.07. The molecule has 28 heavy (non-hydrogen) atoms. The van der Waals surface area contributed by atoms with Crippen molar-refractivity contribution < 1.29 is 22.7 Å². The highest BCUT2D eigenvalue weighted by Gasteiger charge is 2.29. The first-order valence-corrected chi connectivity index (χ1v) is 10.7. The lowest BCUT2D eigenvalue weighted by atomic mass is 10.2. The van der Waals surface area contributed by atoms with E-state index in [2.05, 4.69) is 5.32 Å². The number of methoxy groups -OCH3 is 1. The number of carbonyl (C=O) groups excluding carboxylic acids is 1. The highest BCUT2D eigenvalue weighted by Crippen LogP contribution is 2.25. The van der Waals surface area contributed by atoms with Gasteiger partial charge in [0, 0.05) is 18.2 Å². The minimum absolute atomic E-state index is 0.231. The van der Waals surface area contributed by atoms with Gasteiger partial charge >= 0.3 is 0 Å². The van der Waals surface area contributed by atoms with Crippen LogP contribution in [0.5, 0.6) is 11.5 Å². The number of ether oxygens (including phenoxy) is 2.